The highest BCUT2D eigenvalue weighted by molar-refractivity contribution is 6.33. The van der Waals surface area contributed by atoms with Gasteiger partial charge in [-0.3, -0.25) is 9.59 Å². The molecule has 1 fully saturated rings. The summed E-state index contributed by atoms with van der Waals surface area (Å²) < 4.78 is 0. The van der Waals surface area contributed by atoms with Crippen molar-refractivity contribution in [1.82, 2.24) is 14.9 Å². The van der Waals surface area contributed by atoms with Crippen LogP contribution < -0.4 is 26.2 Å². The number of aryl methyl sites for hydroxylation is 1. The van der Waals surface area contributed by atoms with E-state index in [1.807, 2.05) is 58.0 Å². The molecule has 2 heterocycles. The van der Waals surface area contributed by atoms with Crippen LogP contribution in [0.1, 0.15) is 26.3 Å². The minimum absolute atomic E-state index is 0.113. The van der Waals surface area contributed by atoms with Crippen molar-refractivity contribution in [3.63, 3.8) is 0 Å². The summed E-state index contributed by atoms with van der Waals surface area (Å²) in [6.45, 7) is 14.7. The Labute approximate surface area is 246 Å². The van der Waals surface area contributed by atoms with Gasteiger partial charge in [0.05, 0.1) is 28.9 Å². The average Bonchev–Trinajstić information content (AvgIpc) is 2.93. The average molecular weight is 577 g/mol. The van der Waals surface area contributed by atoms with Crippen molar-refractivity contribution in [1.29, 1.82) is 0 Å². The van der Waals surface area contributed by atoms with E-state index < -0.39 is 5.41 Å². The maximum atomic E-state index is 12.6. The van der Waals surface area contributed by atoms with Crippen molar-refractivity contribution >= 4 is 63.6 Å². The maximum Gasteiger partial charge on any atom is 0.247 e. The van der Waals surface area contributed by atoms with Crippen molar-refractivity contribution in [2.45, 2.75) is 27.7 Å². The fourth-order valence-corrected chi connectivity index (χ4v) is 4.33. The molecule has 10 nitrogen and oxygen atoms in total. The van der Waals surface area contributed by atoms with E-state index in [2.05, 4.69) is 60.7 Å². The van der Waals surface area contributed by atoms with Crippen LogP contribution in [0.25, 0.3) is 0 Å². The Hall–Kier alpha value is -4.15. The van der Waals surface area contributed by atoms with Crippen LogP contribution in [-0.4, -0.2) is 59.9 Å². The molecule has 0 aliphatic carbocycles. The lowest BCUT2D eigenvalue weighted by atomic mass is 9.95. The van der Waals surface area contributed by atoms with Gasteiger partial charge in [0.1, 0.15) is 5.02 Å². The number of rotatable bonds is 8. The van der Waals surface area contributed by atoms with Crippen LogP contribution in [0, 0.1) is 12.3 Å². The number of carbonyl (C=O) groups excluding carboxylic acids is 2. The second-order valence-corrected chi connectivity index (χ2v) is 11.5. The van der Waals surface area contributed by atoms with Crippen LogP contribution in [-0.2, 0) is 9.59 Å². The van der Waals surface area contributed by atoms with Crippen LogP contribution in [0.15, 0.2) is 55.3 Å². The first kappa shape index (κ1) is 29.8. The molecular formula is C30H37ClN8O2. The summed E-state index contributed by atoms with van der Waals surface area (Å²) >= 11 is 6.46. The Morgan fingerprint density at radius 1 is 0.976 bits per heavy atom. The Morgan fingerprint density at radius 3 is 2.32 bits per heavy atom. The van der Waals surface area contributed by atoms with Gasteiger partial charge in [-0.15, -0.1) is 0 Å². The third-order valence-electron chi connectivity index (χ3n) is 6.73. The number of hydrogen-bond acceptors (Lipinski definition) is 8. The molecule has 4 N–H and O–H groups in total. The molecule has 1 aromatic heterocycles. The van der Waals surface area contributed by atoms with E-state index >= 15 is 0 Å². The van der Waals surface area contributed by atoms with Gasteiger partial charge in [-0.05, 0) is 49.9 Å². The molecule has 216 valence electrons. The zero-order chi connectivity index (χ0) is 29.7. The normalized spacial score (nSPS) is 13.9. The fraction of sp³-hybridized carbons (Fsp3) is 0.333. The minimum Gasteiger partial charge on any atom is -0.367 e. The summed E-state index contributed by atoms with van der Waals surface area (Å²) in [4.78, 5) is 38.4. The number of piperazine rings is 1. The highest BCUT2D eigenvalue weighted by atomic mass is 35.5. The molecule has 1 aliphatic rings. The number of nitrogens with zero attached hydrogens (tertiary/aromatic N) is 4. The molecule has 4 rings (SSSR count). The van der Waals surface area contributed by atoms with Gasteiger partial charge in [-0.2, -0.15) is 4.98 Å². The van der Waals surface area contributed by atoms with E-state index in [4.69, 9.17) is 11.6 Å². The molecule has 0 bridgehead atoms. The van der Waals surface area contributed by atoms with Gasteiger partial charge >= 0.3 is 0 Å². The summed E-state index contributed by atoms with van der Waals surface area (Å²) in [6.07, 6.45) is 2.76. The number of nitrogens with one attached hydrogen (secondary N) is 4. The Morgan fingerprint density at radius 2 is 1.66 bits per heavy atom. The molecule has 0 atom stereocenters. The van der Waals surface area contributed by atoms with Gasteiger partial charge in [-0.1, -0.05) is 51.1 Å². The van der Waals surface area contributed by atoms with Gasteiger partial charge < -0.3 is 31.1 Å². The SMILES string of the molecule is C=CC(=O)Nc1cc(Nc2ncc(Cl)c(Nc3ccccc3NC(=O)C(C)(C)C)n2)c(C)cc1N1CCN(C)CC1. The number of likely N-dealkylation sites (N-methyl/N-ethyl adjacent to an activating group) is 1. The van der Waals surface area contributed by atoms with Gasteiger partial charge in [-0.25, -0.2) is 4.98 Å². The van der Waals surface area contributed by atoms with Gasteiger partial charge in [0, 0.05) is 37.3 Å². The number of carbonyl (C=O) groups is 2. The minimum atomic E-state index is -0.557. The Balaban J connectivity index is 1.61. The van der Waals surface area contributed by atoms with Crippen molar-refractivity contribution in [3.8, 4) is 0 Å². The first-order valence-electron chi connectivity index (χ1n) is 13.4. The number of para-hydroxylation sites is 2. The fourth-order valence-electron chi connectivity index (χ4n) is 4.19. The second-order valence-electron chi connectivity index (χ2n) is 11.1. The molecule has 3 aromatic rings. The first-order valence-corrected chi connectivity index (χ1v) is 13.8. The highest BCUT2D eigenvalue weighted by Gasteiger charge is 2.23. The van der Waals surface area contributed by atoms with E-state index in [0.717, 1.165) is 43.1 Å². The number of amides is 2. The van der Waals surface area contributed by atoms with Gasteiger partial charge in [0.15, 0.2) is 5.82 Å². The van der Waals surface area contributed by atoms with E-state index in [1.165, 1.54) is 12.3 Å². The van der Waals surface area contributed by atoms with Crippen molar-refractivity contribution in [2.75, 3.05) is 59.4 Å². The standard InChI is InChI=1S/C30H37ClN8O2/c1-7-26(40)33-24-17-23(19(2)16-25(24)39-14-12-38(6)13-15-39)36-29-32-18-20(31)27(37-29)34-21-10-8-9-11-22(21)35-28(41)30(3,4)5/h7-11,16-18H,1,12-15H2,2-6H3,(H,33,40)(H,35,41)(H2,32,34,36,37). The van der Waals surface area contributed by atoms with Crippen molar-refractivity contribution < 1.29 is 9.59 Å². The quantitative estimate of drug-likeness (QED) is 0.249. The summed E-state index contributed by atoms with van der Waals surface area (Å²) in [5, 5.41) is 12.7. The van der Waals surface area contributed by atoms with Crippen LogP contribution >= 0.6 is 11.6 Å². The monoisotopic (exact) mass is 576 g/mol. The Bertz CT molecular complexity index is 1440. The number of hydrogen-bond donors (Lipinski definition) is 4. The molecule has 11 heteroatoms. The largest absolute Gasteiger partial charge is 0.367 e. The molecule has 0 saturated carbocycles. The summed E-state index contributed by atoms with van der Waals surface area (Å²) in [5.41, 5.74) is 3.99. The summed E-state index contributed by atoms with van der Waals surface area (Å²) in [5.74, 6) is 0.275. The van der Waals surface area contributed by atoms with Crippen LogP contribution in [0.3, 0.4) is 0 Å². The predicted molar refractivity (Wildman–Crippen MR) is 168 cm³/mol. The number of halogens is 1. The predicted octanol–water partition coefficient (Wildman–Crippen LogP) is 5.79. The van der Waals surface area contributed by atoms with E-state index in [0.29, 0.717) is 33.9 Å². The molecule has 1 aliphatic heterocycles. The lowest BCUT2D eigenvalue weighted by molar-refractivity contribution is -0.123. The number of aromatic nitrogens is 2. The molecule has 2 aromatic carbocycles. The smallest absolute Gasteiger partial charge is 0.247 e. The molecule has 41 heavy (non-hydrogen) atoms. The van der Waals surface area contributed by atoms with Crippen LogP contribution in [0.2, 0.25) is 5.02 Å². The van der Waals surface area contributed by atoms with Crippen LogP contribution in [0.4, 0.5) is 40.2 Å². The molecule has 0 unspecified atom stereocenters. The topological polar surface area (TPSA) is 115 Å². The molecular weight excluding hydrogens is 540 g/mol. The number of benzene rings is 2. The van der Waals surface area contributed by atoms with Gasteiger partial charge in [0.2, 0.25) is 17.8 Å². The summed E-state index contributed by atoms with van der Waals surface area (Å²) in [6, 6.07) is 11.3. The molecule has 2 amide bonds. The lowest BCUT2D eigenvalue weighted by Gasteiger charge is -2.35. The van der Waals surface area contributed by atoms with Crippen molar-refractivity contribution in [3.05, 3.63) is 65.8 Å². The van der Waals surface area contributed by atoms with E-state index in [-0.39, 0.29) is 11.8 Å². The molecule has 0 radical (unpaired) electrons. The lowest BCUT2D eigenvalue weighted by Crippen LogP contribution is -2.44. The van der Waals surface area contributed by atoms with E-state index in [1.54, 1.807) is 0 Å². The van der Waals surface area contributed by atoms with E-state index in [9.17, 15) is 9.59 Å². The third kappa shape index (κ3) is 7.53. The van der Waals surface area contributed by atoms with Crippen molar-refractivity contribution in [2.24, 2.45) is 5.41 Å². The highest BCUT2D eigenvalue weighted by Crippen LogP contribution is 2.35. The first-order chi connectivity index (χ1) is 19.4. The number of anilines is 7. The maximum absolute atomic E-state index is 12.6. The third-order valence-corrected chi connectivity index (χ3v) is 7.01. The Kier molecular flexibility index (Phi) is 9.14. The van der Waals surface area contributed by atoms with Crippen LogP contribution in [0.5, 0.6) is 0 Å². The summed E-state index contributed by atoms with van der Waals surface area (Å²) in [7, 11) is 2.10. The molecule has 1 saturated heterocycles. The van der Waals surface area contributed by atoms with Gasteiger partial charge in [0.25, 0.3) is 0 Å². The second kappa shape index (κ2) is 12.6. The molecule has 0 spiro atoms. The zero-order valence-electron chi connectivity index (χ0n) is 24.1. The zero-order valence-corrected chi connectivity index (χ0v) is 24.9.